The van der Waals surface area contributed by atoms with Crippen LogP contribution in [0.1, 0.15) is 5.56 Å². The van der Waals surface area contributed by atoms with Crippen molar-refractivity contribution in [1.82, 2.24) is 4.40 Å². The van der Waals surface area contributed by atoms with Crippen LogP contribution in [0.2, 0.25) is 0 Å². The van der Waals surface area contributed by atoms with Gasteiger partial charge in [0.1, 0.15) is 7.05 Å². The van der Waals surface area contributed by atoms with Crippen molar-refractivity contribution < 1.29 is 4.57 Å². The largest absolute Gasteiger partial charge is 0.307 e. The summed E-state index contributed by atoms with van der Waals surface area (Å²) in [6.07, 6.45) is 2.20. The van der Waals surface area contributed by atoms with Gasteiger partial charge in [-0.3, -0.25) is 0 Å². The second kappa shape index (κ2) is 5.83. The normalized spacial score (nSPS) is 12.2. The first-order valence-electron chi connectivity index (χ1n) is 10.8. The minimum absolute atomic E-state index is 1.25. The van der Waals surface area contributed by atoms with E-state index < -0.39 is 0 Å². The van der Waals surface area contributed by atoms with Crippen LogP contribution in [0.4, 0.5) is 0 Å². The Morgan fingerprint density at radius 3 is 2.35 bits per heavy atom. The highest BCUT2D eigenvalue weighted by Crippen LogP contribution is 2.41. The number of rotatable bonds is 1. The summed E-state index contributed by atoms with van der Waals surface area (Å²) in [5.41, 5.74) is 8.99. The van der Waals surface area contributed by atoms with Gasteiger partial charge in [-0.1, -0.05) is 60.7 Å². The van der Waals surface area contributed by atoms with E-state index in [1.165, 1.54) is 65.7 Å². The molecule has 0 spiro atoms. The molecule has 2 heteroatoms. The number of pyridine rings is 2. The minimum Gasteiger partial charge on any atom is -0.307 e. The van der Waals surface area contributed by atoms with Gasteiger partial charge in [0.25, 0.3) is 0 Å². The molecule has 2 nitrogen and oxygen atoms in total. The molecule has 0 aliphatic rings. The minimum atomic E-state index is 1.25. The Morgan fingerprint density at radius 1 is 0.677 bits per heavy atom. The van der Waals surface area contributed by atoms with Gasteiger partial charge in [-0.2, -0.15) is 0 Å². The fraction of sp³-hybridized carbons (Fsp3) is 0.0690. The molecule has 0 radical (unpaired) electrons. The highest BCUT2D eigenvalue weighted by molar-refractivity contribution is 6.26. The lowest BCUT2D eigenvalue weighted by molar-refractivity contribution is -0.643. The van der Waals surface area contributed by atoms with Gasteiger partial charge >= 0.3 is 0 Å². The van der Waals surface area contributed by atoms with E-state index in [2.05, 4.69) is 114 Å². The monoisotopic (exact) mass is 397 g/mol. The Labute approximate surface area is 179 Å². The van der Waals surface area contributed by atoms with Gasteiger partial charge in [0, 0.05) is 16.8 Å². The van der Waals surface area contributed by atoms with E-state index in [4.69, 9.17) is 0 Å². The van der Waals surface area contributed by atoms with Crippen LogP contribution in [0.3, 0.4) is 0 Å². The third-order valence-corrected chi connectivity index (χ3v) is 6.85. The first kappa shape index (κ1) is 16.8. The fourth-order valence-electron chi connectivity index (χ4n) is 5.46. The molecule has 4 aromatic carbocycles. The van der Waals surface area contributed by atoms with Crippen LogP contribution in [0.5, 0.6) is 0 Å². The van der Waals surface area contributed by atoms with E-state index in [0.717, 1.165) is 0 Å². The highest BCUT2D eigenvalue weighted by atomic mass is 15.0. The quantitative estimate of drug-likeness (QED) is 0.164. The van der Waals surface area contributed by atoms with Crippen molar-refractivity contribution in [3.05, 3.63) is 96.7 Å². The highest BCUT2D eigenvalue weighted by Gasteiger charge is 2.24. The topological polar surface area (TPSA) is 8.29 Å². The molecule has 3 aromatic heterocycles. The smallest absolute Gasteiger partial charge is 0.224 e. The number of aromatic nitrogens is 2. The van der Waals surface area contributed by atoms with Crippen LogP contribution < -0.4 is 4.57 Å². The van der Waals surface area contributed by atoms with Crippen molar-refractivity contribution in [3.63, 3.8) is 0 Å². The van der Waals surface area contributed by atoms with Crippen molar-refractivity contribution in [3.8, 4) is 11.1 Å². The standard InChI is InChI=1S/C29H21N2/c1-18-12-13-23-22-10-6-7-11-24(22)31-25-17-21(19-8-4-3-5-9-19)16-20-14-15-30(2)29(27(20)25)26(18)28(23)31/h3-17H,1-2H3/q+1. The van der Waals surface area contributed by atoms with Crippen molar-refractivity contribution in [1.29, 1.82) is 0 Å². The molecule has 0 saturated carbocycles. The van der Waals surface area contributed by atoms with Crippen LogP contribution in [0.15, 0.2) is 91.1 Å². The molecule has 0 saturated heterocycles. The maximum atomic E-state index is 2.49. The Hall–Kier alpha value is -3.91. The molecule has 0 unspecified atom stereocenters. The predicted octanol–water partition coefficient (Wildman–Crippen LogP) is 6.79. The summed E-state index contributed by atoms with van der Waals surface area (Å²) in [6.45, 7) is 2.24. The van der Waals surface area contributed by atoms with Gasteiger partial charge in [-0.05, 0) is 47.2 Å². The third kappa shape index (κ3) is 2.09. The lowest BCUT2D eigenvalue weighted by Gasteiger charge is -2.14. The second-order valence-corrected chi connectivity index (χ2v) is 8.61. The molecule has 31 heavy (non-hydrogen) atoms. The summed E-state index contributed by atoms with van der Waals surface area (Å²) in [4.78, 5) is 0. The summed E-state index contributed by atoms with van der Waals surface area (Å²) in [7, 11) is 2.17. The molecule has 0 fully saturated rings. The number of para-hydroxylation sites is 1. The molecule has 0 N–H and O–H groups in total. The van der Waals surface area contributed by atoms with Crippen LogP contribution in [-0.4, -0.2) is 4.40 Å². The molecule has 7 aromatic rings. The van der Waals surface area contributed by atoms with Crippen LogP contribution in [-0.2, 0) is 7.05 Å². The molecule has 7 rings (SSSR count). The van der Waals surface area contributed by atoms with Crippen molar-refractivity contribution in [2.24, 2.45) is 7.05 Å². The predicted molar refractivity (Wildman–Crippen MR) is 130 cm³/mol. The molecule has 0 aliphatic heterocycles. The third-order valence-electron chi connectivity index (χ3n) is 6.85. The Bertz CT molecular complexity index is 1790. The summed E-state index contributed by atoms with van der Waals surface area (Å²) in [6, 6.07) is 31.0. The lowest BCUT2D eigenvalue weighted by atomic mass is 9.96. The summed E-state index contributed by atoms with van der Waals surface area (Å²) < 4.78 is 4.78. The number of hydrogen-bond acceptors (Lipinski definition) is 0. The van der Waals surface area contributed by atoms with E-state index >= 15 is 0 Å². The second-order valence-electron chi connectivity index (χ2n) is 8.61. The van der Waals surface area contributed by atoms with E-state index in [-0.39, 0.29) is 0 Å². The van der Waals surface area contributed by atoms with Gasteiger partial charge in [0.05, 0.1) is 27.3 Å². The number of fused-ring (bicyclic) bond motifs is 5. The summed E-state index contributed by atoms with van der Waals surface area (Å²) >= 11 is 0. The number of aryl methyl sites for hydroxylation is 2. The number of benzene rings is 4. The Balaban J connectivity index is 1.86. The van der Waals surface area contributed by atoms with E-state index in [1.807, 2.05) is 0 Å². The Morgan fingerprint density at radius 2 is 1.48 bits per heavy atom. The van der Waals surface area contributed by atoms with Gasteiger partial charge in [-0.25, -0.2) is 4.57 Å². The van der Waals surface area contributed by atoms with Crippen molar-refractivity contribution in [2.75, 3.05) is 0 Å². The summed E-state index contributed by atoms with van der Waals surface area (Å²) in [5.74, 6) is 0. The van der Waals surface area contributed by atoms with Crippen molar-refractivity contribution >= 4 is 49.0 Å². The summed E-state index contributed by atoms with van der Waals surface area (Å²) in [5, 5.41) is 6.59. The van der Waals surface area contributed by atoms with Crippen LogP contribution in [0.25, 0.3) is 60.1 Å². The van der Waals surface area contributed by atoms with Crippen LogP contribution in [0, 0.1) is 6.92 Å². The molecular weight excluding hydrogens is 376 g/mol. The van der Waals surface area contributed by atoms with Gasteiger partial charge < -0.3 is 4.40 Å². The fourth-order valence-corrected chi connectivity index (χ4v) is 5.46. The average Bonchev–Trinajstić information content (AvgIpc) is 3.15. The van der Waals surface area contributed by atoms with Crippen molar-refractivity contribution in [2.45, 2.75) is 6.92 Å². The Kier molecular flexibility index (Phi) is 3.17. The van der Waals surface area contributed by atoms with Crippen LogP contribution >= 0.6 is 0 Å². The molecule has 0 aliphatic carbocycles. The maximum Gasteiger partial charge on any atom is 0.224 e. The average molecular weight is 398 g/mol. The van der Waals surface area contributed by atoms with E-state index in [9.17, 15) is 0 Å². The van der Waals surface area contributed by atoms with E-state index in [0.29, 0.717) is 0 Å². The molecular formula is C29H21N2+. The van der Waals surface area contributed by atoms with Gasteiger partial charge in [0.15, 0.2) is 6.20 Å². The first-order valence-corrected chi connectivity index (χ1v) is 10.8. The molecule has 0 bridgehead atoms. The van der Waals surface area contributed by atoms with Gasteiger partial charge in [-0.15, -0.1) is 0 Å². The molecule has 3 heterocycles. The van der Waals surface area contributed by atoms with E-state index in [1.54, 1.807) is 0 Å². The molecule has 0 amide bonds. The number of nitrogens with zero attached hydrogens (tertiary/aromatic N) is 2. The zero-order chi connectivity index (χ0) is 20.7. The first-order chi connectivity index (χ1) is 15.2. The lowest BCUT2D eigenvalue weighted by Crippen LogP contribution is -2.28. The SMILES string of the molecule is Cc1ccc2c3ccccc3n3c4cc(-c5ccccc5)cc5cc[n+](C)c(c1c23)c54. The zero-order valence-electron chi connectivity index (χ0n) is 17.6. The molecule has 0 atom stereocenters. The molecule has 146 valence electrons. The maximum absolute atomic E-state index is 2.49. The number of hydrogen-bond donors (Lipinski definition) is 0. The van der Waals surface area contributed by atoms with Gasteiger partial charge in [0.2, 0.25) is 5.52 Å². The zero-order valence-corrected chi connectivity index (χ0v) is 17.6.